The van der Waals surface area contributed by atoms with Crippen molar-refractivity contribution in [1.29, 1.82) is 0 Å². The summed E-state index contributed by atoms with van der Waals surface area (Å²) in [5.41, 5.74) is 0.433. The summed E-state index contributed by atoms with van der Waals surface area (Å²) in [6, 6.07) is 8.63. The van der Waals surface area contributed by atoms with Gasteiger partial charge in [0.05, 0.1) is 11.7 Å². The van der Waals surface area contributed by atoms with Crippen molar-refractivity contribution in [2.24, 2.45) is 0 Å². The SMILES string of the molecule is CO[C@H]1O[C@H](C)[C@@H](OC(=O)c2ccccc2)[C@H](OC)[C@H]1O. The van der Waals surface area contributed by atoms with Crippen molar-refractivity contribution in [3.63, 3.8) is 0 Å². The van der Waals surface area contributed by atoms with Crippen molar-refractivity contribution in [1.82, 2.24) is 0 Å². The highest BCUT2D eigenvalue weighted by molar-refractivity contribution is 5.89. The number of benzene rings is 1. The Labute approximate surface area is 123 Å². The van der Waals surface area contributed by atoms with Crippen LogP contribution in [0.15, 0.2) is 30.3 Å². The summed E-state index contributed by atoms with van der Waals surface area (Å²) in [5.74, 6) is -0.485. The van der Waals surface area contributed by atoms with Crippen LogP contribution in [0, 0.1) is 0 Å². The van der Waals surface area contributed by atoms with E-state index in [1.54, 1.807) is 31.2 Å². The fourth-order valence-electron chi connectivity index (χ4n) is 2.38. The highest BCUT2D eigenvalue weighted by Gasteiger charge is 2.46. The van der Waals surface area contributed by atoms with E-state index in [4.69, 9.17) is 18.9 Å². The van der Waals surface area contributed by atoms with Crippen molar-refractivity contribution in [2.75, 3.05) is 14.2 Å². The first-order valence-corrected chi connectivity index (χ1v) is 6.73. The topological polar surface area (TPSA) is 74.2 Å². The molecule has 0 amide bonds. The minimum atomic E-state index is -1.04. The van der Waals surface area contributed by atoms with Crippen molar-refractivity contribution < 1.29 is 28.8 Å². The first kappa shape index (κ1) is 15.9. The van der Waals surface area contributed by atoms with E-state index >= 15 is 0 Å². The Balaban J connectivity index is 2.12. The smallest absolute Gasteiger partial charge is 0.338 e. The predicted octanol–water partition coefficient (Wildman–Crippen LogP) is 0.979. The average Bonchev–Trinajstić information content (AvgIpc) is 2.51. The molecule has 1 aromatic rings. The van der Waals surface area contributed by atoms with Gasteiger partial charge in [-0.25, -0.2) is 4.79 Å². The number of ether oxygens (including phenoxy) is 4. The number of hydrogen-bond donors (Lipinski definition) is 1. The predicted molar refractivity (Wildman–Crippen MR) is 73.8 cm³/mol. The molecule has 0 saturated carbocycles. The number of aliphatic hydroxyl groups is 1. The highest BCUT2D eigenvalue weighted by Crippen LogP contribution is 2.26. The molecule has 1 saturated heterocycles. The van der Waals surface area contributed by atoms with Gasteiger partial charge in [-0.15, -0.1) is 0 Å². The van der Waals surface area contributed by atoms with Crippen LogP contribution in [0.5, 0.6) is 0 Å². The summed E-state index contributed by atoms with van der Waals surface area (Å²) >= 11 is 0. The number of esters is 1. The van der Waals surface area contributed by atoms with E-state index in [1.165, 1.54) is 14.2 Å². The van der Waals surface area contributed by atoms with Crippen LogP contribution in [0.3, 0.4) is 0 Å². The van der Waals surface area contributed by atoms with Crippen LogP contribution in [0.2, 0.25) is 0 Å². The second-order valence-electron chi connectivity index (χ2n) is 4.87. The molecule has 0 unspecified atom stereocenters. The Morgan fingerprint density at radius 3 is 2.38 bits per heavy atom. The molecule has 1 aliphatic rings. The first-order valence-electron chi connectivity index (χ1n) is 6.73. The van der Waals surface area contributed by atoms with Gasteiger partial charge in [-0.05, 0) is 19.1 Å². The molecule has 1 fully saturated rings. The molecule has 1 heterocycles. The summed E-state index contributed by atoms with van der Waals surface area (Å²) in [4.78, 5) is 12.1. The van der Waals surface area contributed by atoms with Gasteiger partial charge in [0.1, 0.15) is 12.2 Å². The van der Waals surface area contributed by atoms with E-state index in [2.05, 4.69) is 0 Å². The van der Waals surface area contributed by atoms with Crippen LogP contribution >= 0.6 is 0 Å². The van der Waals surface area contributed by atoms with Gasteiger partial charge in [-0.3, -0.25) is 0 Å². The molecule has 0 radical (unpaired) electrons. The quantitative estimate of drug-likeness (QED) is 0.835. The first-order chi connectivity index (χ1) is 10.1. The molecular formula is C15H20O6. The largest absolute Gasteiger partial charge is 0.453 e. The lowest BCUT2D eigenvalue weighted by Crippen LogP contribution is -2.59. The molecule has 0 bridgehead atoms. The molecule has 1 aromatic carbocycles. The summed E-state index contributed by atoms with van der Waals surface area (Å²) in [7, 11) is 2.88. The molecule has 6 nitrogen and oxygen atoms in total. The van der Waals surface area contributed by atoms with Crippen LogP contribution in [-0.4, -0.2) is 56.0 Å². The van der Waals surface area contributed by atoms with Gasteiger partial charge < -0.3 is 24.1 Å². The molecule has 5 atom stereocenters. The van der Waals surface area contributed by atoms with Gasteiger partial charge in [0.2, 0.25) is 0 Å². The molecule has 116 valence electrons. The Morgan fingerprint density at radius 1 is 1.14 bits per heavy atom. The van der Waals surface area contributed by atoms with Gasteiger partial charge in [-0.2, -0.15) is 0 Å². The molecular weight excluding hydrogens is 276 g/mol. The van der Waals surface area contributed by atoms with Crippen LogP contribution < -0.4 is 0 Å². The number of carbonyl (C=O) groups excluding carboxylic acids is 1. The lowest BCUT2D eigenvalue weighted by Gasteiger charge is -2.41. The zero-order chi connectivity index (χ0) is 15.4. The van der Waals surface area contributed by atoms with Crippen LogP contribution in [-0.2, 0) is 18.9 Å². The van der Waals surface area contributed by atoms with Crippen molar-refractivity contribution in [2.45, 2.75) is 37.6 Å². The number of methoxy groups -OCH3 is 2. The maximum Gasteiger partial charge on any atom is 0.338 e. The Morgan fingerprint density at radius 2 is 1.81 bits per heavy atom. The third-order valence-electron chi connectivity index (χ3n) is 3.51. The Bertz CT molecular complexity index is 462. The zero-order valence-electron chi connectivity index (χ0n) is 12.3. The summed E-state index contributed by atoms with van der Waals surface area (Å²) < 4.78 is 21.3. The van der Waals surface area contributed by atoms with Crippen LogP contribution in [0.1, 0.15) is 17.3 Å². The summed E-state index contributed by atoms with van der Waals surface area (Å²) in [5, 5.41) is 10.1. The van der Waals surface area contributed by atoms with E-state index in [-0.39, 0.29) is 0 Å². The third-order valence-corrected chi connectivity index (χ3v) is 3.51. The van der Waals surface area contributed by atoms with Crippen molar-refractivity contribution in [3.8, 4) is 0 Å². The molecule has 2 rings (SSSR count). The van der Waals surface area contributed by atoms with Gasteiger partial charge in [-0.1, -0.05) is 18.2 Å². The molecule has 6 heteroatoms. The van der Waals surface area contributed by atoms with Gasteiger partial charge in [0.15, 0.2) is 12.4 Å². The van der Waals surface area contributed by atoms with Gasteiger partial charge >= 0.3 is 5.97 Å². The number of aliphatic hydroxyl groups excluding tert-OH is 1. The molecule has 1 N–H and O–H groups in total. The second-order valence-corrected chi connectivity index (χ2v) is 4.87. The number of rotatable bonds is 4. The number of carbonyl (C=O) groups is 1. The summed E-state index contributed by atoms with van der Waals surface area (Å²) in [6.45, 7) is 1.74. The standard InChI is InChI=1S/C15H20O6/c1-9-12(13(18-2)11(16)15(19-3)20-9)21-14(17)10-7-5-4-6-8-10/h4-9,11-13,15-16H,1-3H3/t9-,11-,12-,13-,15+/m1/s1. The molecule has 21 heavy (non-hydrogen) atoms. The normalized spacial score (nSPS) is 32.7. The van der Waals surface area contributed by atoms with E-state index in [1.807, 2.05) is 6.07 Å². The fourth-order valence-corrected chi connectivity index (χ4v) is 2.38. The van der Waals surface area contributed by atoms with E-state index in [0.717, 1.165) is 0 Å². The fraction of sp³-hybridized carbons (Fsp3) is 0.533. The van der Waals surface area contributed by atoms with Crippen molar-refractivity contribution >= 4 is 5.97 Å². The van der Waals surface area contributed by atoms with E-state index in [0.29, 0.717) is 5.56 Å². The van der Waals surface area contributed by atoms with Gasteiger partial charge in [0, 0.05) is 14.2 Å². The minimum absolute atomic E-state index is 0.433. The maximum absolute atomic E-state index is 12.1. The lowest BCUT2D eigenvalue weighted by molar-refractivity contribution is -0.289. The number of hydrogen-bond acceptors (Lipinski definition) is 6. The minimum Gasteiger partial charge on any atom is -0.453 e. The van der Waals surface area contributed by atoms with Gasteiger partial charge in [0.25, 0.3) is 0 Å². The Kier molecular flexibility index (Phi) is 5.30. The molecule has 0 aromatic heterocycles. The monoisotopic (exact) mass is 296 g/mol. The van der Waals surface area contributed by atoms with E-state index < -0.39 is 36.7 Å². The van der Waals surface area contributed by atoms with E-state index in [9.17, 15) is 9.90 Å². The maximum atomic E-state index is 12.1. The highest BCUT2D eigenvalue weighted by atomic mass is 16.7. The summed E-state index contributed by atoms with van der Waals surface area (Å²) in [6.07, 6.45) is -3.74. The lowest BCUT2D eigenvalue weighted by atomic mass is 9.99. The third kappa shape index (κ3) is 3.41. The molecule has 0 spiro atoms. The molecule has 1 aliphatic heterocycles. The Hall–Kier alpha value is -1.47. The van der Waals surface area contributed by atoms with Crippen LogP contribution in [0.25, 0.3) is 0 Å². The van der Waals surface area contributed by atoms with Crippen LogP contribution in [0.4, 0.5) is 0 Å². The van der Waals surface area contributed by atoms with Crippen molar-refractivity contribution in [3.05, 3.63) is 35.9 Å². The molecule has 0 aliphatic carbocycles. The zero-order valence-corrected chi connectivity index (χ0v) is 12.3. The second kappa shape index (κ2) is 7.00. The average molecular weight is 296 g/mol.